The van der Waals surface area contributed by atoms with E-state index in [4.69, 9.17) is 0 Å². The molecule has 6 nitrogen and oxygen atoms in total. The van der Waals surface area contributed by atoms with Gasteiger partial charge >= 0.3 is 0 Å². The molecule has 2 aromatic rings. The van der Waals surface area contributed by atoms with Gasteiger partial charge in [0.05, 0.1) is 6.42 Å². The van der Waals surface area contributed by atoms with Crippen LogP contribution in [0.1, 0.15) is 29.7 Å². The molecular formula is C20H19F2N3O3. The summed E-state index contributed by atoms with van der Waals surface area (Å²) in [5.74, 6) is -3.01. The van der Waals surface area contributed by atoms with Crippen LogP contribution in [-0.4, -0.2) is 23.8 Å². The van der Waals surface area contributed by atoms with Gasteiger partial charge in [-0.15, -0.1) is 0 Å². The first-order valence-electron chi connectivity index (χ1n) is 8.73. The van der Waals surface area contributed by atoms with Gasteiger partial charge in [0.2, 0.25) is 17.7 Å². The molecule has 2 aromatic carbocycles. The topological polar surface area (TPSA) is 87.3 Å². The summed E-state index contributed by atoms with van der Waals surface area (Å²) in [5.41, 5.74) is 1.76. The number of halogens is 2. The molecule has 1 heterocycles. The highest BCUT2D eigenvalue weighted by atomic mass is 19.1. The van der Waals surface area contributed by atoms with Crippen LogP contribution in [0.15, 0.2) is 42.5 Å². The van der Waals surface area contributed by atoms with E-state index in [1.54, 1.807) is 12.1 Å². The van der Waals surface area contributed by atoms with Gasteiger partial charge in [0.1, 0.15) is 23.7 Å². The fraction of sp³-hybridized carbons (Fsp3) is 0.250. The molecule has 3 N–H and O–H groups in total. The highest BCUT2D eigenvalue weighted by Crippen LogP contribution is 2.22. The molecule has 2 unspecified atom stereocenters. The van der Waals surface area contributed by atoms with Crippen LogP contribution in [-0.2, 0) is 27.3 Å². The number of rotatable bonds is 5. The normalized spacial score (nSPS) is 16.5. The smallest absolute Gasteiger partial charge is 0.247 e. The minimum Gasteiger partial charge on any atom is -0.350 e. The Labute approximate surface area is 160 Å². The first-order chi connectivity index (χ1) is 13.3. The molecule has 2 atom stereocenters. The SMILES string of the molecule is CC(NC(=O)Cc1cc(F)cc(F)c1)C(=O)NC1C(=O)NCc2ccccc21. The van der Waals surface area contributed by atoms with Gasteiger partial charge in [-0.1, -0.05) is 24.3 Å². The third-order valence-electron chi connectivity index (χ3n) is 4.43. The Morgan fingerprint density at radius 1 is 1.18 bits per heavy atom. The Morgan fingerprint density at radius 3 is 2.57 bits per heavy atom. The Hall–Kier alpha value is -3.29. The van der Waals surface area contributed by atoms with Crippen molar-refractivity contribution in [2.24, 2.45) is 0 Å². The molecule has 0 saturated carbocycles. The molecule has 3 rings (SSSR count). The maximum Gasteiger partial charge on any atom is 0.247 e. The molecule has 0 fully saturated rings. The third-order valence-corrected chi connectivity index (χ3v) is 4.43. The molecule has 0 saturated heterocycles. The molecule has 1 aliphatic heterocycles. The predicted molar refractivity (Wildman–Crippen MR) is 96.8 cm³/mol. The summed E-state index contributed by atoms with van der Waals surface area (Å²) in [6.07, 6.45) is -0.279. The fourth-order valence-corrected chi connectivity index (χ4v) is 3.07. The number of carbonyl (C=O) groups is 3. The minimum atomic E-state index is -0.937. The van der Waals surface area contributed by atoms with Gasteiger partial charge in [-0.05, 0) is 35.7 Å². The maximum absolute atomic E-state index is 13.2. The van der Waals surface area contributed by atoms with Crippen molar-refractivity contribution in [1.82, 2.24) is 16.0 Å². The first kappa shape index (κ1) is 19.5. The number of hydrogen-bond donors (Lipinski definition) is 3. The second-order valence-electron chi connectivity index (χ2n) is 6.60. The van der Waals surface area contributed by atoms with E-state index in [2.05, 4.69) is 16.0 Å². The van der Waals surface area contributed by atoms with Crippen LogP contribution in [0.5, 0.6) is 0 Å². The highest BCUT2D eigenvalue weighted by Gasteiger charge is 2.30. The van der Waals surface area contributed by atoms with Crippen LogP contribution in [0.4, 0.5) is 8.78 Å². The minimum absolute atomic E-state index is 0.156. The molecular weight excluding hydrogens is 368 g/mol. The van der Waals surface area contributed by atoms with Crippen molar-refractivity contribution in [3.63, 3.8) is 0 Å². The average Bonchev–Trinajstić information content (AvgIpc) is 2.63. The van der Waals surface area contributed by atoms with Crippen LogP contribution < -0.4 is 16.0 Å². The quantitative estimate of drug-likeness (QED) is 0.727. The van der Waals surface area contributed by atoms with Crippen molar-refractivity contribution in [1.29, 1.82) is 0 Å². The van der Waals surface area contributed by atoms with Crippen molar-refractivity contribution >= 4 is 17.7 Å². The number of nitrogens with one attached hydrogen (secondary N) is 3. The van der Waals surface area contributed by atoms with Gasteiger partial charge < -0.3 is 16.0 Å². The second-order valence-corrected chi connectivity index (χ2v) is 6.60. The Bertz CT molecular complexity index is 912. The van der Waals surface area contributed by atoms with Crippen molar-refractivity contribution in [3.05, 3.63) is 70.8 Å². The Morgan fingerprint density at radius 2 is 1.86 bits per heavy atom. The average molecular weight is 387 g/mol. The molecule has 28 heavy (non-hydrogen) atoms. The molecule has 0 spiro atoms. The van der Waals surface area contributed by atoms with Crippen molar-refractivity contribution in [3.8, 4) is 0 Å². The van der Waals surface area contributed by atoms with E-state index in [1.165, 1.54) is 6.92 Å². The number of carbonyl (C=O) groups excluding carboxylic acids is 3. The van der Waals surface area contributed by atoms with Gasteiger partial charge in [0.25, 0.3) is 0 Å². The molecule has 0 bridgehead atoms. The van der Waals surface area contributed by atoms with Gasteiger partial charge in [0, 0.05) is 12.6 Å². The highest BCUT2D eigenvalue weighted by molar-refractivity contribution is 5.93. The van der Waals surface area contributed by atoms with E-state index in [1.807, 2.05) is 12.1 Å². The molecule has 0 aromatic heterocycles. The summed E-state index contributed by atoms with van der Waals surface area (Å²) in [7, 11) is 0. The number of fused-ring (bicyclic) bond motifs is 1. The summed E-state index contributed by atoms with van der Waals surface area (Å²) in [6.45, 7) is 1.85. The third kappa shape index (κ3) is 4.51. The molecule has 146 valence electrons. The lowest BCUT2D eigenvalue weighted by atomic mass is 9.96. The lowest BCUT2D eigenvalue weighted by molar-refractivity contribution is -0.132. The van der Waals surface area contributed by atoms with Crippen LogP contribution >= 0.6 is 0 Å². The molecule has 8 heteroatoms. The zero-order valence-electron chi connectivity index (χ0n) is 15.1. The van der Waals surface area contributed by atoms with Gasteiger partial charge in [-0.25, -0.2) is 8.78 Å². The van der Waals surface area contributed by atoms with Crippen LogP contribution in [0.2, 0.25) is 0 Å². The van der Waals surface area contributed by atoms with Gasteiger partial charge in [-0.3, -0.25) is 14.4 Å². The van der Waals surface area contributed by atoms with Crippen LogP contribution in [0, 0.1) is 11.6 Å². The summed E-state index contributed by atoms with van der Waals surface area (Å²) >= 11 is 0. The summed E-state index contributed by atoms with van der Waals surface area (Å²) < 4.78 is 26.4. The fourth-order valence-electron chi connectivity index (χ4n) is 3.07. The van der Waals surface area contributed by atoms with Gasteiger partial charge in [0.15, 0.2) is 0 Å². The number of hydrogen-bond acceptors (Lipinski definition) is 3. The van der Waals surface area contributed by atoms with E-state index in [-0.39, 0.29) is 17.9 Å². The summed E-state index contributed by atoms with van der Waals surface area (Å²) in [4.78, 5) is 36.7. The van der Waals surface area contributed by atoms with E-state index in [9.17, 15) is 23.2 Å². The Balaban J connectivity index is 1.61. The van der Waals surface area contributed by atoms with Gasteiger partial charge in [-0.2, -0.15) is 0 Å². The van der Waals surface area contributed by atoms with E-state index < -0.39 is 35.5 Å². The molecule has 3 amide bonds. The van der Waals surface area contributed by atoms with Crippen LogP contribution in [0.3, 0.4) is 0 Å². The number of benzene rings is 2. The largest absolute Gasteiger partial charge is 0.350 e. The zero-order chi connectivity index (χ0) is 20.3. The predicted octanol–water partition coefficient (Wildman–Crippen LogP) is 1.50. The number of amides is 3. The lowest BCUT2D eigenvalue weighted by Gasteiger charge is -2.27. The van der Waals surface area contributed by atoms with Crippen LogP contribution in [0.25, 0.3) is 0 Å². The second kappa shape index (κ2) is 8.16. The Kier molecular flexibility index (Phi) is 5.67. The first-order valence-corrected chi connectivity index (χ1v) is 8.73. The summed E-state index contributed by atoms with van der Waals surface area (Å²) in [6, 6.07) is 8.27. The molecule has 0 radical (unpaired) electrons. The van der Waals surface area contributed by atoms with Crippen molar-refractivity contribution in [2.45, 2.75) is 32.0 Å². The summed E-state index contributed by atoms with van der Waals surface area (Å²) in [5, 5.41) is 7.80. The van der Waals surface area contributed by atoms with Crippen molar-refractivity contribution in [2.75, 3.05) is 0 Å². The van der Waals surface area contributed by atoms with E-state index in [0.29, 0.717) is 18.2 Å². The lowest BCUT2D eigenvalue weighted by Crippen LogP contribution is -2.50. The van der Waals surface area contributed by atoms with E-state index in [0.717, 1.165) is 17.7 Å². The standard InChI is InChI=1S/C20H19F2N3O3/c1-11(24-17(26)8-12-6-14(21)9-15(22)7-12)19(27)25-18-16-5-3-2-4-13(16)10-23-20(18)28/h2-7,9,11,18H,8,10H2,1H3,(H,23,28)(H,24,26)(H,25,27). The molecule has 0 aliphatic carbocycles. The monoisotopic (exact) mass is 387 g/mol. The van der Waals surface area contributed by atoms with Crippen molar-refractivity contribution < 1.29 is 23.2 Å². The molecule has 1 aliphatic rings. The van der Waals surface area contributed by atoms with E-state index >= 15 is 0 Å². The maximum atomic E-state index is 13.2. The zero-order valence-corrected chi connectivity index (χ0v) is 15.1.